The van der Waals surface area contributed by atoms with Crippen LogP contribution in [0, 0.1) is 0 Å². The molecular weight excluding hydrogens is 356 g/mol. The number of carbonyl (C=O) groups is 1. The number of benzene rings is 1. The van der Waals surface area contributed by atoms with Crippen LogP contribution in [0.3, 0.4) is 0 Å². The first kappa shape index (κ1) is 19.5. The SMILES string of the molecule is CCc1n[nH]c(=O)c(CNC(=O)CCc2ncc(-c3ccccc3)o2)c1CC. The molecule has 2 heterocycles. The van der Waals surface area contributed by atoms with E-state index in [4.69, 9.17) is 4.42 Å². The van der Waals surface area contributed by atoms with Gasteiger partial charge < -0.3 is 9.73 Å². The average molecular weight is 380 g/mol. The van der Waals surface area contributed by atoms with E-state index in [1.807, 2.05) is 44.2 Å². The zero-order chi connectivity index (χ0) is 19.9. The van der Waals surface area contributed by atoms with Crippen molar-refractivity contribution in [3.05, 3.63) is 69.6 Å². The number of aromatic nitrogens is 3. The Balaban J connectivity index is 1.57. The van der Waals surface area contributed by atoms with Gasteiger partial charge in [0.05, 0.1) is 11.9 Å². The summed E-state index contributed by atoms with van der Waals surface area (Å²) in [5, 5.41) is 9.42. The number of H-pyrrole nitrogens is 1. The fraction of sp³-hybridized carbons (Fsp3) is 0.333. The molecule has 0 bridgehead atoms. The number of aryl methyl sites for hydroxylation is 2. The Morgan fingerprint density at radius 1 is 1.14 bits per heavy atom. The molecule has 7 heteroatoms. The summed E-state index contributed by atoms with van der Waals surface area (Å²) < 4.78 is 5.71. The third-order valence-corrected chi connectivity index (χ3v) is 4.61. The zero-order valence-corrected chi connectivity index (χ0v) is 16.1. The van der Waals surface area contributed by atoms with Crippen LogP contribution in [0.5, 0.6) is 0 Å². The fourth-order valence-electron chi connectivity index (χ4n) is 3.12. The van der Waals surface area contributed by atoms with Crippen molar-refractivity contribution < 1.29 is 9.21 Å². The molecule has 0 saturated heterocycles. The lowest BCUT2D eigenvalue weighted by atomic mass is 10.0. The van der Waals surface area contributed by atoms with Gasteiger partial charge in [0.1, 0.15) is 0 Å². The maximum atomic E-state index is 12.2. The van der Waals surface area contributed by atoms with Crippen LogP contribution in [0.1, 0.15) is 43.0 Å². The quantitative estimate of drug-likeness (QED) is 0.626. The van der Waals surface area contributed by atoms with E-state index in [9.17, 15) is 9.59 Å². The van der Waals surface area contributed by atoms with Crippen molar-refractivity contribution in [3.8, 4) is 11.3 Å². The summed E-state index contributed by atoms with van der Waals surface area (Å²) in [6.07, 6.45) is 3.73. The van der Waals surface area contributed by atoms with Crippen LogP contribution in [0.2, 0.25) is 0 Å². The third kappa shape index (κ3) is 4.54. The molecule has 0 fully saturated rings. The Morgan fingerprint density at radius 3 is 2.64 bits per heavy atom. The van der Waals surface area contributed by atoms with Crippen LogP contribution in [-0.2, 0) is 30.6 Å². The molecule has 2 aromatic heterocycles. The highest BCUT2D eigenvalue weighted by Gasteiger charge is 2.14. The lowest BCUT2D eigenvalue weighted by Crippen LogP contribution is -2.29. The summed E-state index contributed by atoms with van der Waals surface area (Å²) in [5.41, 5.74) is 3.03. The van der Waals surface area contributed by atoms with Gasteiger partial charge in [-0.15, -0.1) is 0 Å². The van der Waals surface area contributed by atoms with E-state index < -0.39 is 0 Å². The predicted molar refractivity (Wildman–Crippen MR) is 106 cm³/mol. The molecule has 0 aliphatic rings. The van der Waals surface area contributed by atoms with E-state index in [2.05, 4.69) is 20.5 Å². The van der Waals surface area contributed by atoms with Crippen molar-refractivity contribution in [3.63, 3.8) is 0 Å². The van der Waals surface area contributed by atoms with Crippen molar-refractivity contribution in [2.75, 3.05) is 0 Å². The van der Waals surface area contributed by atoms with Gasteiger partial charge in [0.15, 0.2) is 11.7 Å². The molecule has 0 radical (unpaired) electrons. The van der Waals surface area contributed by atoms with E-state index in [0.29, 0.717) is 30.1 Å². The summed E-state index contributed by atoms with van der Waals surface area (Å²) in [7, 11) is 0. The summed E-state index contributed by atoms with van der Waals surface area (Å²) in [6, 6.07) is 9.69. The number of nitrogens with one attached hydrogen (secondary N) is 2. The van der Waals surface area contributed by atoms with Crippen LogP contribution in [0.25, 0.3) is 11.3 Å². The molecule has 3 rings (SSSR count). The first-order valence-corrected chi connectivity index (χ1v) is 9.48. The highest BCUT2D eigenvalue weighted by Crippen LogP contribution is 2.20. The first-order valence-electron chi connectivity index (χ1n) is 9.48. The Bertz CT molecular complexity index is 992. The molecule has 1 aromatic carbocycles. The lowest BCUT2D eigenvalue weighted by molar-refractivity contribution is -0.121. The molecule has 2 N–H and O–H groups in total. The molecule has 146 valence electrons. The topological polar surface area (TPSA) is 101 Å². The fourth-order valence-corrected chi connectivity index (χ4v) is 3.12. The number of rotatable bonds is 8. The third-order valence-electron chi connectivity index (χ3n) is 4.61. The van der Waals surface area contributed by atoms with Crippen LogP contribution < -0.4 is 10.9 Å². The smallest absolute Gasteiger partial charge is 0.269 e. The minimum atomic E-state index is -0.255. The van der Waals surface area contributed by atoms with E-state index in [1.165, 1.54) is 0 Å². The zero-order valence-electron chi connectivity index (χ0n) is 16.1. The number of hydrogen-bond acceptors (Lipinski definition) is 5. The minimum Gasteiger partial charge on any atom is -0.441 e. The van der Waals surface area contributed by atoms with Crippen LogP contribution in [0.15, 0.2) is 45.7 Å². The monoisotopic (exact) mass is 380 g/mol. The Hall–Kier alpha value is -3.22. The highest BCUT2D eigenvalue weighted by atomic mass is 16.4. The van der Waals surface area contributed by atoms with Gasteiger partial charge in [-0.1, -0.05) is 44.2 Å². The normalized spacial score (nSPS) is 10.8. The van der Waals surface area contributed by atoms with Crippen molar-refractivity contribution in [1.82, 2.24) is 20.5 Å². The molecular formula is C21H24N4O3. The number of hydrogen-bond donors (Lipinski definition) is 2. The Morgan fingerprint density at radius 2 is 1.93 bits per heavy atom. The molecule has 0 spiro atoms. The van der Waals surface area contributed by atoms with Crippen LogP contribution >= 0.6 is 0 Å². The molecule has 7 nitrogen and oxygen atoms in total. The number of amides is 1. The second kappa shape index (κ2) is 9.12. The average Bonchev–Trinajstić information content (AvgIpc) is 3.20. The van der Waals surface area contributed by atoms with Crippen LogP contribution in [0.4, 0.5) is 0 Å². The van der Waals surface area contributed by atoms with Crippen molar-refractivity contribution in [2.24, 2.45) is 0 Å². The standard InChI is InChI=1S/C21H24N4O3/c1-3-15-16(21(27)25-24-17(15)4-2)12-22-19(26)10-11-20-23-13-18(28-20)14-8-6-5-7-9-14/h5-9,13H,3-4,10-12H2,1-2H3,(H,22,26)(H,25,27). The molecule has 0 unspecified atom stereocenters. The van der Waals surface area contributed by atoms with Crippen molar-refractivity contribution in [1.29, 1.82) is 0 Å². The van der Waals surface area contributed by atoms with Gasteiger partial charge in [-0.3, -0.25) is 9.59 Å². The van der Waals surface area contributed by atoms with Gasteiger partial charge >= 0.3 is 0 Å². The van der Waals surface area contributed by atoms with Gasteiger partial charge in [-0.05, 0) is 18.4 Å². The minimum absolute atomic E-state index is 0.157. The molecule has 28 heavy (non-hydrogen) atoms. The van der Waals surface area contributed by atoms with Gasteiger partial charge in [0.2, 0.25) is 5.91 Å². The first-order chi connectivity index (χ1) is 13.6. The van der Waals surface area contributed by atoms with Gasteiger partial charge in [-0.2, -0.15) is 5.10 Å². The molecule has 0 aliphatic carbocycles. The lowest BCUT2D eigenvalue weighted by Gasteiger charge is -2.11. The predicted octanol–water partition coefficient (Wildman–Crippen LogP) is 2.80. The molecule has 0 saturated carbocycles. The van der Waals surface area contributed by atoms with E-state index >= 15 is 0 Å². The van der Waals surface area contributed by atoms with Crippen molar-refractivity contribution >= 4 is 5.91 Å². The Labute approximate surface area is 163 Å². The second-order valence-corrected chi connectivity index (χ2v) is 6.42. The number of nitrogens with zero attached hydrogens (tertiary/aromatic N) is 2. The summed E-state index contributed by atoms with van der Waals surface area (Å²) in [4.78, 5) is 28.6. The van der Waals surface area contributed by atoms with Gasteiger partial charge in [0.25, 0.3) is 5.56 Å². The molecule has 0 atom stereocenters. The summed E-state index contributed by atoms with van der Waals surface area (Å²) in [5.74, 6) is 1.04. The highest BCUT2D eigenvalue weighted by molar-refractivity contribution is 5.76. The van der Waals surface area contributed by atoms with Crippen LogP contribution in [-0.4, -0.2) is 21.1 Å². The number of oxazole rings is 1. The Kier molecular flexibility index (Phi) is 6.37. The van der Waals surface area contributed by atoms with E-state index in [0.717, 1.165) is 23.2 Å². The summed E-state index contributed by atoms with van der Waals surface area (Å²) >= 11 is 0. The second-order valence-electron chi connectivity index (χ2n) is 6.42. The molecule has 3 aromatic rings. The number of aromatic amines is 1. The van der Waals surface area contributed by atoms with E-state index in [1.54, 1.807) is 6.20 Å². The maximum absolute atomic E-state index is 12.2. The van der Waals surface area contributed by atoms with Gasteiger partial charge in [0, 0.05) is 30.5 Å². The van der Waals surface area contributed by atoms with Crippen molar-refractivity contribution in [2.45, 2.75) is 46.1 Å². The number of carbonyl (C=O) groups excluding carboxylic acids is 1. The largest absolute Gasteiger partial charge is 0.441 e. The van der Waals surface area contributed by atoms with Gasteiger partial charge in [-0.25, -0.2) is 10.1 Å². The molecule has 0 aliphatic heterocycles. The summed E-state index contributed by atoms with van der Waals surface area (Å²) in [6.45, 7) is 4.16. The van der Waals surface area contributed by atoms with E-state index in [-0.39, 0.29) is 24.4 Å². The molecule has 1 amide bonds. The maximum Gasteiger partial charge on any atom is 0.269 e.